The molecular weight excluding hydrogens is 330 g/mol. The third kappa shape index (κ3) is 3.50. The number of hydrogen-bond acceptors (Lipinski definition) is 5. The average Bonchev–Trinajstić information content (AvgIpc) is 3.05. The van der Waals surface area contributed by atoms with E-state index in [2.05, 4.69) is 19.6 Å². The zero-order chi connectivity index (χ0) is 17.2. The Bertz CT molecular complexity index is 831. The molecule has 3 rings (SSSR count). The fourth-order valence-electron chi connectivity index (χ4n) is 1.81. The monoisotopic (exact) mass is 339 g/mol. The van der Waals surface area contributed by atoms with Gasteiger partial charge in [0, 0.05) is 11.8 Å². The van der Waals surface area contributed by atoms with Crippen LogP contribution in [0.1, 0.15) is 11.6 Å². The summed E-state index contributed by atoms with van der Waals surface area (Å²) in [5.74, 6) is -2.07. The molecule has 0 aliphatic carbocycles. The highest BCUT2D eigenvalue weighted by Crippen LogP contribution is 2.29. The minimum absolute atomic E-state index is 0.00125. The van der Waals surface area contributed by atoms with Gasteiger partial charge in [0.05, 0.1) is 5.69 Å². The maximum atomic E-state index is 13.4. The van der Waals surface area contributed by atoms with Crippen molar-refractivity contribution in [2.45, 2.75) is 12.8 Å². The second-order valence-corrected chi connectivity index (χ2v) is 4.68. The van der Waals surface area contributed by atoms with Gasteiger partial charge >= 0.3 is 12.1 Å². The summed E-state index contributed by atoms with van der Waals surface area (Å²) >= 11 is 0. The largest absolute Gasteiger partial charge is 0.484 e. The summed E-state index contributed by atoms with van der Waals surface area (Å²) < 4.78 is 60.1. The van der Waals surface area contributed by atoms with Crippen molar-refractivity contribution in [1.82, 2.24) is 15.1 Å². The van der Waals surface area contributed by atoms with E-state index >= 15 is 0 Å². The molecule has 3 aromatic rings. The normalized spacial score (nSPS) is 11.5. The van der Waals surface area contributed by atoms with E-state index in [4.69, 9.17) is 4.74 Å². The number of alkyl halides is 3. The molecule has 9 heteroatoms. The number of para-hydroxylation sites is 1. The van der Waals surface area contributed by atoms with Crippen molar-refractivity contribution >= 4 is 0 Å². The van der Waals surface area contributed by atoms with Crippen molar-refractivity contribution in [2.24, 2.45) is 0 Å². The lowest BCUT2D eigenvalue weighted by atomic mass is 10.2. The lowest BCUT2D eigenvalue weighted by Crippen LogP contribution is -2.04. The Morgan fingerprint density at radius 3 is 2.50 bits per heavy atom. The average molecular weight is 339 g/mol. The molecule has 124 valence electrons. The Morgan fingerprint density at radius 2 is 1.88 bits per heavy atom. The molecule has 24 heavy (non-hydrogen) atoms. The fraction of sp³-hybridized carbons (Fsp3) is 0.133. The number of ether oxygens (including phenoxy) is 1. The molecule has 0 spiro atoms. The van der Waals surface area contributed by atoms with Gasteiger partial charge in [-0.2, -0.15) is 18.2 Å². The summed E-state index contributed by atoms with van der Waals surface area (Å²) in [7, 11) is 0. The van der Waals surface area contributed by atoms with Crippen LogP contribution in [0.25, 0.3) is 11.4 Å². The summed E-state index contributed by atoms with van der Waals surface area (Å²) in [4.78, 5) is 7.28. The number of halogens is 4. The highest BCUT2D eigenvalue weighted by Gasteiger charge is 2.38. The van der Waals surface area contributed by atoms with Gasteiger partial charge in [-0.05, 0) is 24.3 Å². The number of aromatic nitrogens is 3. The molecule has 0 aliphatic rings. The predicted molar refractivity (Wildman–Crippen MR) is 73.3 cm³/mol. The zero-order valence-corrected chi connectivity index (χ0v) is 11.9. The van der Waals surface area contributed by atoms with Crippen LogP contribution in [0.15, 0.2) is 47.1 Å². The molecule has 0 N–H and O–H groups in total. The molecule has 0 unspecified atom stereocenters. The molecule has 0 saturated heterocycles. The molecule has 0 saturated carbocycles. The standard InChI is InChI=1S/C15H9F4N3O2/c16-11-3-1-2-4-12(11)23-8-10-6-5-9(7-20-10)13-21-14(24-22-13)15(17,18)19/h1-7H,8H2. The second-order valence-electron chi connectivity index (χ2n) is 4.68. The zero-order valence-electron chi connectivity index (χ0n) is 11.9. The molecule has 0 fully saturated rings. The molecule has 2 aromatic heterocycles. The molecule has 5 nitrogen and oxygen atoms in total. The van der Waals surface area contributed by atoms with Crippen molar-refractivity contribution in [2.75, 3.05) is 0 Å². The van der Waals surface area contributed by atoms with Gasteiger partial charge in [-0.1, -0.05) is 17.3 Å². The highest BCUT2D eigenvalue weighted by molar-refractivity contribution is 5.52. The third-order valence-corrected chi connectivity index (χ3v) is 2.96. The first kappa shape index (κ1) is 15.9. The SMILES string of the molecule is Fc1ccccc1OCc1ccc(-c2noc(C(F)(F)F)n2)cn1. The number of hydrogen-bond donors (Lipinski definition) is 0. The maximum absolute atomic E-state index is 13.4. The fourth-order valence-corrected chi connectivity index (χ4v) is 1.81. The molecule has 0 bridgehead atoms. The van der Waals surface area contributed by atoms with Gasteiger partial charge in [-0.25, -0.2) is 4.39 Å². The minimum Gasteiger partial charge on any atom is -0.484 e. The lowest BCUT2D eigenvalue weighted by molar-refractivity contribution is -0.159. The van der Waals surface area contributed by atoms with Gasteiger partial charge in [-0.3, -0.25) is 4.98 Å². The van der Waals surface area contributed by atoms with E-state index in [1.54, 1.807) is 6.07 Å². The van der Waals surface area contributed by atoms with E-state index in [9.17, 15) is 17.6 Å². The number of benzene rings is 1. The van der Waals surface area contributed by atoms with Gasteiger partial charge in [0.25, 0.3) is 0 Å². The van der Waals surface area contributed by atoms with Crippen LogP contribution in [0.3, 0.4) is 0 Å². The Labute approximate surface area is 132 Å². The molecule has 1 aromatic carbocycles. The van der Waals surface area contributed by atoms with Crippen LogP contribution in [0.5, 0.6) is 5.75 Å². The Kier molecular flexibility index (Phi) is 4.15. The molecule has 0 radical (unpaired) electrons. The van der Waals surface area contributed by atoms with E-state index in [1.165, 1.54) is 36.5 Å². The van der Waals surface area contributed by atoms with E-state index < -0.39 is 17.9 Å². The van der Waals surface area contributed by atoms with Crippen molar-refractivity contribution in [1.29, 1.82) is 0 Å². The van der Waals surface area contributed by atoms with E-state index in [0.717, 1.165) is 0 Å². The predicted octanol–water partition coefficient (Wildman–Crippen LogP) is 3.87. The van der Waals surface area contributed by atoms with Gasteiger partial charge in [0.15, 0.2) is 11.6 Å². The van der Waals surface area contributed by atoms with Gasteiger partial charge in [-0.15, -0.1) is 0 Å². The van der Waals surface area contributed by atoms with Crippen LogP contribution in [0, 0.1) is 5.82 Å². The van der Waals surface area contributed by atoms with Crippen molar-refractivity contribution < 1.29 is 26.8 Å². The second kappa shape index (κ2) is 6.26. The molecule has 0 aliphatic heterocycles. The first-order valence-electron chi connectivity index (χ1n) is 6.67. The Balaban J connectivity index is 1.69. The van der Waals surface area contributed by atoms with Crippen LogP contribution in [-0.4, -0.2) is 15.1 Å². The molecule has 0 amide bonds. The van der Waals surface area contributed by atoms with Gasteiger partial charge in [0.2, 0.25) is 5.82 Å². The number of pyridine rings is 1. The summed E-state index contributed by atoms with van der Waals surface area (Å²) in [6.45, 7) is 0.00125. The molecule has 2 heterocycles. The summed E-state index contributed by atoms with van der Waals surface area (Å²) in [5, 5.41) is 3.26. The number of rotatable bonds is 4. The third-order valence-electron chi connectivity index (χ3n) is 2.96. The van der Waals surface area contributed by atoms with Crippen LogP contribution in [0.4, 0.5) is 17.6 Å². The van der Waals surface area contributed by atoms with Crippen LogP contribution in [-0.2, 0) is 12.8 Å². The summed E-state index contributed by atoms with van der Waals surface area (Å²) in [5.41, 5.74) is 0.713. The summed E-state index contributed by atoms with van der Waals surface area (Å²) in [6, 6.07) is 8.89. The van der Waals surface area contributed by atoms with Crippen LogP contribution in [0.2, 0.25) is 0 Å². The van der Waals surface area contributed by atoms with Gasteiger partial charge < -0.3 is 9.26 Å². The smallest absolute Gasteiger partial charge is 0.471 e. The topological polar surface area (TPSA) is 61.0 Å². The van der Waals surface area contributed by atoms with Crippen molar-refractivity contribution in [3.63, 3.8) is 0 Å². The van der Waals surface area contributed by atoms with E-state index in [1.807, 2.05) is 0 Å². The molecule has 0 atom stereocenters. The quantitative estimate of drug-likeness (QED) is 0.675. The Morgan fingerprint density at radius 1 is 1.08 bits per heavy atom. The van der Waals surface area contributed by atoms with Crippen LogP contribution >= 0.6 is 0 Å². The van der Waals surface area contributed by atoms with Crippen molar-refractivity contribution in [3.05, 3.63) is 60.0 Å². The first-order chi connectivity index (χ1) is 11.4. The Hall–Kier alpha value is -2.97. The maximum Gasteiger partial charge on any atom is 0.471 e. The van der Waals surface area contributed by atoms with Crippen molar-refractivity contribution in [3.8, 4) is 17.1 Å². The van der Waals surface area contributed by atoms with Gasteiger partial charge in [0.1, 0.15) is 6.61 Å². The minimum atomic E-state index is -4.70. The highest BCUT2D eigenvalue weighted by atomic mass is 19.4. The van der Waals surface area contributed by atoms with Crippen LogP contribution < -0.4 is 4.74 Å². The summed E-state index contributed by atoms with van der Waals surface area (Å²) in [6.07, 6.45) is -3.42. The number of nitrogens with zero attached hydrogens (tertiary/aromatic N) is 3. The lowest BCUT2D eigenvalue weighted by Gasteiger charge is -2.06. The first-order valence-corrected chi connectivity index (χ1v) is 6.67. The molecular formula is C15H9F4N3O2. The van der Waals surface area contributed by atoms with E-state index in [-0.39, 0.29) is 23.7 Å². The van der Waals surface area contributed by atoms with E-state index in [0.29, 0.717) is 5.69 Å².